The van der Waals surface area contributed by atoms with Gasteiger partial charge in [-0.15, -0.1) is 0 Å². The van der Waals surface area contributed by atoms with Gasteiger partial charge < -0.3 is 4.42 Å². The third-order valence-corrected chi connectivity index (χ3v) is 2.15. The lowest BCUT2D eigenvalue weighted by Gasteiger charge is -1.98. The largest absolute Gasteiger partial charge is 0.464 e. The number of hydrogen-bond acceptors (Lipinski definition) is 1. The third-order valence-electron chi connectivity index (χ3n) is 2.15. The highest BCUT2D eigenvalue weighted by Gasteiger charge is 1.98. The lowest BCUT2D eigenvalue weighted by atomic mass is 10.1. The first-order chi connectivity index (χ1) is 6.40. The summed E-state index contributed by atoms with van der Waals surface area (Å²) in [6.45, 7) is 2.19. The summed E-state index contributed by atoms with van der Waals surface area (Å²) in [7, 11) is 0. The van der Waals surface area contributed by atoms with Crippen LogP contribution in [0, 0.1) is 6.42 Å². The molecule has 1 heterocycles. The first-order valence-electron chi connectivity index (χ1n) is 4.70. The van der Waals surface area contributed by atoms with Gasteiger partial charge in [0.2, 0.25) is 0 Å². The van der Waals surface area contributed by atoms with E-state index in [1.54, 1.807) is 6.26 Å². The van der Waals surface area contributed by atoms with E-state index >= 15 is 0 Å². The Morgan fingerprint density at radius 1 is 1.31 bits per heavy atom. The quantitative estimate of drug-likeness (QED) is 0.688. The van der Waals surface area contributed by atoms with E-state index in [2.05, 4.69) is 25.5 Å². The number of hydrogen-bond donors (Lipinski definition) is 0. The summed E-state index contributed by atoms with van der Waals surface area (Å²) in [6.07, 6.45) is 6.33. The molecule has 1 heteroatoms. The van der Waals surface area contributed by atoms with Crippen molar-refractivity contribution < 1.29 is 4.42 Å². The minimum absolute atomic E-state index is 0.966. The van der Waals surface area contributed by atoms with E-state index in [0.29, 0.717) is 0 Å². The van der Waals surface area contributed by atoms with Gasteiger partial charge in [0, 0.05) is 5.39 Å². The molecule has 1 aromatic carbocycles. The number of rotatable bonds is 3. The molecule has 0 bridgehead atoms. The highest BCUT2D eigenvalue weighted by molar-refractivity contribution is 5.78. The van der Waals surface area contributed by atoms with Crippen molar-refractivity contribution in [2.75, 3.05) is 0 Å². The summed E-state index contributed by atoms with van der Waals surface area (Å²) < 4.78 is 5.26. The highest BCUT2D eigenvalue weighted by atomic mass is 16.3. The van der Waals surface area contributed by atoms with Crippen LogP contribution < -0.4 is 0 Å². The molecule has 0 atom stereocenters. The summed E-state index contributed by atoms with van der Waals surface area (Å²) in [5, 5.41) is 1.19. The van der Waals surface area contributed by atoms with Crippen LogP contribution in [0.3, 0.4) is 0 Å². The maximum Gasteiger partial charge on any atom is 0.133 e. The van der Waals surface area contributed by atoms with Crippen molar-refractivity contribution in [1.82, 2.24) is 0 Å². The second kappa shape index (κ2) is 3.65. The fourth-order valence-electron chi connectivity index (χ4n) is 1.42. The number of furan rings is 1. The minimum Gasteiger partial charge on any atom is -0.464 e. The predicted octanol–water partition coefficient (Wildman–Crippen LogP) is 3.79. The zero-order valence-electron chi connectivity index (χ0n) is 7.79. The molecule has 1 radical (unpaired) electrons. The summed E-state index contributed by atoms with van der Waals surface area (Å²) in [5.74, 6) is 0. The van der Waals surface area contributed by atoms with Gasteiger partial charge in [-0.05, 0) is 36.6 Å². The predicted molar refractivity (Wildman–Crippen MR) is 54.5 cm³/mol. The maximum absolute atomic E-state index is 5.26. The molecule has 0 saturated heterocycles. The molecular formula is C12H13O. The van der Waals surface area contributed by atoms with Gasteiger partial charge in [-0.2, -0.15) is 0 Å². The summed E-state index contributed by atoms with van der Waals surface area (Å²) in [4.78, 5) is 0. The van der Waals surface area contributed by atoms with Crippen LogP contribution in [0.2, 0.25) is 0 Å². The Bertz CT molecular complexity index is 387. The molecule has 0 spiro atoms. The molecule has 0 saturated carbocycles. The fourth-order valence-corrected chi connectivity index (χ4v) is 1.42. The van der Waals surface area contributed by atoms with Crippen molar-refractivity contribution in [2.45, 2.75) is 19.8 Å². The summed E-state index contributed by atoms with van der Waals surface area (Å²) >= 11 is 0. The molecule has 2 rings (SSSR count). The van der Waals surface area contributed by atoms with Gasteiger partial charge in [-0.25, -0.2) is 0 Å². The van der Waals surface area contributed by atoms with E-state index in [-0.39, 0.29) is 0 Å². The average molecular weight is 173 g/mol. The molecular weight excluding hydrogens is 160 g/mol. The third kappa shape index (κ3) is 1.74. The van der Waals surface area contributed by atoms with Crippen molar-refractivity contribution in [3.63, 3.8) is 0 Å². The van der Waals surface area contributed by atoms with Crippen LogP contribution in [0.5, 0.6) is 0 Å². The van der Waals surface area contributed by atoms with E-state index in [1.807, 2.05) is 12.1 Å². The van der Waals surface area contributed by atoms with Crippen LogP contribution in [-0.2, 0) is 0 Å². The normalized spacial score (nSPS) is 10.8. The second-order valence-electron chi connectivity index (χ2n) is 3.21. The van der Waals surface area contributed by atoms with Crippen LogP contribution >= 0.6 is 0 Å². The van der Waals surface area contributed by atoms with Gasteiger partial charge >= 0.3 is 0 Å². The molecule has 1 aromatic heterocycles. The smallest absolute Gasteiger partial charge is 0.133 e. The molecule has 0 unspecified atom stereocenters. The highest BCUT2D eigenvalue weighted by Crippen LogP contribution is 2.18. The van der Waals surface area contributed by atoms with Crippen molar-refractivity contribution in [3.8, 4) is 0 Å². The Hall–Kier alpha value is -1.24. The van der Waals surface area contributed by atoms with Crippen molar-refractivity contribution >= 4 is 11.0 Å². The molecule has 1 nitrogen and oxygen atoms in total. The first kappa shape index (κ1) is 8.36. The van der Waals surface area contributed by atoms with Gasteiger partial charge in [0.05, 0.1) is 6.26 Å². The lowest BCUT2D eigenvalue weighted by molar-refractivity contribution is 0.616. The molecule has 0 aliphatic rings. The van der Waals surface area contributed by atoms with Crippen LogP contribution in [0.4, 0.5) is 0 Å². The topological polar surface area (TPSA) is 13.1 Å². The molecule has 0 fully saturated rings. The molecule has 13 heavy (non-hydrogen) atoms. The molecule has 67 valence electrons. The molecule has 0 N–H and O–H groups in total. The number of unbranched alkanes of at least 4 members (excludes halogenated alkanes) is 1. The van der Waals surface area contributed by atoms with Crippen molar-refractivity contribution in [3.05, 3.63) is 42.5 Å². The van der Waals surface area contributed by atoms with E-state index in [4.69, 9.17) is 4.42 Å². The van der Waals surface area contributed by atoms with Crippen LogP contribution in [0.1, 0.15) is 25.3 Å². The maximum atomic E-state index is 5.26. The average Bonchev–Trinajstić information content (AvgIpc) is 2.61. The Kier molecular flexibility index (Phi) is 2.35. The van der Waals surface area contributed by atoms with Gasteiger partial charge in [0.25, 0.3) is 0 Å². The standard InChI is InChI=1S/C12H13O/c1-2-3-4-10-5-6-12-11(9-10)7-8-13-12/h4-9H,2-3H2,1H3. The van der Waals surface area contributed by atoms with Crippen LogP contribution in [0.15, 0.2) is 34.9 Å². The Balaban J connectivity index is 2.26. The van der Waals surface area contributed by atoms with E-state index < -0.39 is 0 Å². The summed E-state index contributed by atoms with van der Waals surface area (Å²) in [5.41, 5.74) is 2.25. The van der Waals surface area contributed by atoms with Gasteiger partial charge in [0.15, 0.2) is 0 Å². The van der Waals surface area contributed by atoms with Crippen LogP contribution in [-0.4, -0.2) is 0 Å². The van der Waals surface area contributed by atoms with Gasteiger partial charge in [-0.3, -0.25) is 0 Å². The summed E-state index contributed by atoms with van der Waals surface area (Å²) in [6, 6.07) is 8.28. The first-order valence-corrected chi connectivity index (χ1v) is 4.70. The Morgan fingerprint density at radius 2 is 2.23 bits per heavy atom. The zero-order valence-corrected chi connectivity index (χ0v) is 7.79. The number of fused-ring (bicyclic) bond motifs is 1. The molecule has 0 aliphatic carbocycles. The minimum atomic E-state index is 0.966. The van der Waals surface area contributed by atoms with Crippen LogP contribution in [0.25, 0.3) is 11.0 Å². The fraction of sp³-hybridized carbons (Fsp3) is 0.250. The molecule has 2 aromatic rings. The Labute approximate surface area is 78.4 Å². The monoisotopic (exact) mass is 173 g/mol. The SMILES string of the molecule is CCC[CH]c1ccc2occc2c1. The zero-order chi connectivity index (χ0) is 9.10. The lowest BCUT2D eigenvalue weighted by Crippen LogP contribution is -1.79. The van der Waals surface area contributed by atoms with E-state index in [9.17, 15) is 0 Å². The number of benzene rings is 1. The van der Waals surface area contributed by atoms with Crippen molar-refractivity contribution in [2.24, 2.45) is 0 Å². The van der Waals surface area contributed by atoms with Gasteiger partial charge in [0.1, 0.15) is 5.58 Å². The Morgan fingerprint density at radius 3 is 3.08 bits per heavy atom. The van der Waals surface area contributed by atoms with Crippen molar-refractivity contribution in [1.29, 1.82) is 0 Å². The molecule has 0 aliphatic heterocycles. The van der Waals surface area contributed by atoms with E-state index in [1.165, 1.54) is 17.4 Å². The molecule has 0 amide bonds. The van der Waals surface area contributed by atoms with Gasteiger partial charge in [-0.1, -0.05) is 19.4 Å². The second-order valence-corrected chi connectivity index (χ2v) is 3.21. The van der Waals surface area contributed by atoms with E-state index in [0.717, 1.165) is 12.0 Å².